The second-order valence-corrected chi connectivity index (χ2v) is 4.98. The molecule has 2 atom stereocenters. The Morgan fingerprint density at radius 3 is 2.24 bits per heavy atom. The number of rotatable bonds is 5. The molecule has 1 unspecified atom stereocenters. The van der Waals surface area contributed by atoms with Crippen LogP contribution in [0, 0.1) is 6.57 Å². The molecule has 0 saturated carbocycles. The third-order valence-electron chi connectivity index (χ3n) is 3.39. The van der Waals surface area contributed by atoms with Gasteiger partial charge in [-0.25, -0.2) is 6.57 Å². The van der Waals surface area contributed by atoms with Crippen LogP contribution in [0.1, 0.15) is 24.1 Å². The van der Waals surface area contributed by atoms with Gasteiger partial charge in [0, 0.05) is 0 Å². The van der Waals surface area contributed by atoms with Gasteiger partial charge in [-0.1, -0.05) is 60.7 Å². The molecule has 0 heterocycles. The second kappa shape index (κ2) is 7.25. The minimum Gasteiger partial charge on any atom is -0.343 e. The van der Waals surface area contributed by atoms with E-state index in [1.165, 1.54) is 0 Å². The highest BCUT2D eigenvalue weighted by Crippen LogP contribution is 2.13. The van der Waals surface area contributed by atoms with Crippen LogP contribution < -0.4 is 5.32 Å². The molecule has 1 N–H and O–H groups in total. The first kappa shape index (κ1) is 14.8. The molecular formula is C18H18N2O. The van der Waals surface area contributed by atoms with Crippen LogP contribution in [0.5, 0.6) is 0 Å². The highest BCUT2D eigenvalue weighted by atomic mass is 16.2. The molecule has 2 aromatic carbocycles. The molecule has 3 heteroatoms. The lowest BCUT2D eigenvalue weighted by Gasteiger charge is -2.15. The minimum atomic E-state index is -0.682. The average Bonchev–Trinajstić information content (AvgIpc) is 2.54. The van der Waals surface area contributed by atoms with E-state index in [1.54, 1.807) is 0 Å². The Hall–Kier alpha value is -2.60. The summed E-state index contributed by atoms with van der Waals surface area (Å²) < 4.78 is 0. The van der Waals surface area contributed by atoms with Gasteiger partial charge in [0.15, 0.2) is 0 Å². The van der Waals surface area contributed by atoms with Gasteiger partial charge in [-0.3, -0.25) is 4.79 Å². The molecule has 3 nitrogen and oxygen atoms in total. The molecule has 1 amide bonds. The Labute approximate surface area is 125 Å². The number of hydrogen-bond donors (Lipinski definition) is 1. The summed E-state index contributed by atoms with van der Waals surface area (Å²) in [6, 6.07) is 18.6. The Balaban J connectivity index is 1.99. The van der Waals surface area contributed by atoms with E-state index in [-0.39, 0.29) is 11.9 Å². The van der Waals surface area contributed by atoms with Crippen LogP contribution >= 0.6 is 0 Å². The van der Waals surface area contributed by atoms with E-state index in [2.05, 4.69) is 10.2 Å². The zero-order valence-corrected chi connectivity index (χ0v) is 12.0. The first-order valence-corrected chi connectivity index (χ1v) is 6.96. The molecule has 21 heavy (non-hydrogen) atoms. The molecule has 0 aliphatic carbocycles. The number of nitrogens with zero attached hydrogens (tertiary/aromatic N) is 1. The monoisotopic (exact) mass is 278 g/mol. The summed E-state index contributed by atoms with van der Waals surface area (Å²) in [6.45, 7) is 9.18. The van der Waals surface area contributed by atoms with Crippen molar-refractivity contribution in [2.24, 2.45) is 0 Å². The van der Waals surface area contributed by atoms with E-state index in [0.717, 1.165) is 11.1 Å². The summed E-state index contributed by atoms with van der Waals surface area (Å²) in [7, 11) is 0. The van der Waals surface area contributed by atoms with E-state index in [9.17, 15) is 4.79 Å². The Morgan fingerprint density at radius 2 is 1.67 bits per heavy atom. The quantitative estimate of drug-likeness (QED) is 0.836. The second-order valence-electron chi connectivity index (χ2n) is 4.98. The van der Waals surface area contributed by atoms with Crippen molar-refractivity contribution in [3.05, 3.63) is 83.2 Å². The van der Waals surface area contributed by atoms with Crippen molar-refractivity contribution < 1.29 is 4.79 Å². The SMILES string of the molecule is [C-]#[N+]C(Cc1ccccc1)C(=O)N[C@@H](C)c1ccccc1. The third-order valence-corrected chi connectivity index (χ3v) is 3.39. The Kier molecular flexibility index (Phi) is 5.11. The summed E-state index contributed by atoms with van der Waals surface area (Å²) in [5.41, 5.74) is 2.04. The van der Waals surface area contributed by atoms with Crippen LogP contribution in [0.2, 0.25) is 0 Å². The van der Waals surface area contributed by atoms with Crippen LogP contribution in [-0.4, -0.2) is 11.9 Å². The molecule has 0 fully saturated rings. The molecule has 0 aromatic heterocycles. The molecule has 106 valence electrons. The van der Waals surface area contributed by atoms with Crippen molar-refractivity contribution in [1.29, 1.82) is 0 Å². The maximum Gasteiger partial charge on any atom is 0.304 e. The number of hydrogen-bond acceptors (Lipinski definition) is 1. The van der Waals surface area contributed by atoms with E-state index in [0.29, 0.717) is 6.42 Å². The molecular weight excluding hydrogens is 260 g/mol. The minimum absolute atomic E-state index is 0.0984. The fourth-order valence-corrected chi connectivity index (χ4v) is 2.17. The Bertz CT molecular complexity index is 617. The number of benzene rings is 2. The van der Waals surface area contributed by atoms with Crippen LogP contribution in [0.15, 0.2) is 60.7 Å². The van der Waals surface area contributed by atoms with Crippen LogP contribution in [0.4, 0.5) is 0 Å². The third kappa shape index (κ3) is 4.19. The van der Waals surface area contributed by atoms with Crippen molar-refractivity contribution >= 4 is 5.91 Å². The van der Waals surface area contributed by atoms with Gasteiger partial charge in [-0.2, -0.15) is 0 Å². The van der Waals surface area contributed by atoms with Crippen LogP contribution in [0.25, 0.3) is 4.85 Å². The van der Waals surface area contributed by atoms with Crippen LogP contribution in [-0.2, 0) is 11.2 Å². The van der Waals surface area contributed by atoms with Gasteiger partial charge in [0.05, 0.1) is 12.5 Å². The molecule has 0 saturated heterocycles. The summed E-state index contributed by atoms with van der Waals surface area (Å²) in [4.78, 5) is 15.7. The normalized spacial score (nSPS) is 13.0. The smallest absolute Gasteiger partial charge is 0.304 e. The van der Waals surface area contributed by atoms with Crippen molar-refractivity contribution in [1.82, 2.24) is 5.32 Å². The molecule has 2 rings (SSSR count). The summed E-state index contributed by atoms with van der Waals surface area (Å²) in [5.74, 6) is -0.217. The lowest BCUT2D eigenvalue weighted by molar-refractivity contribution is -0.122. The lowest BCUT2D eigenvalue weighted by Crippen LogP contribution is -2.35. The van der Waals surface area contributed by atoms with Crippen molar-refractivity contribution in [2.45, 2.75) is 25.4 Å². The standard InChI is InChI=1S/C18H18N2O/c1-14(16-11-7-4-8-12-16)20-18(21)17(19-2)13-15-9-5-3-6-10-15/h3-12,14,17H,13H2,1H3,(H,20,21)/t14-,17?/m0/s1. The molecule has 0 spiro atoms. The van der Waals surface area contributed by atoms with Crippen molar-refractivity contribution in [2.75, 3.05) is 0 Å². The van der Waals surface area contributed by atoms with Gasteiger partial charge >= 0.3 is 11.9 Å². The van der Waals surface area contributed by atoms with E-state index in [1.807, 2.05) is 67.6 Å². The zero-order chi connectivity index (χ0) is 15.1. The maximum atomic E-state index is 12.2. The predicted octanol–water partition coefficient (Wildman–Crippen LogP) is 3.39. The number of carbonyl (C=O) groups is 1. The average molecular weight is 278 g/mol. The fourth-order valence-electron chi connectivity index (χ4n) is 2.17. The van der Waals surface area contributed by atoms with Crippen molar-refractivity contribution in [3.63, 3.8) is 0 Å². The molecule has 0 radical (unpaired) electrons. The predicted molar refractivity (Wildman–Crippen MR) is 83.5 cm³/mol. The molecule has 0 aliphatic heterocycles. The molecule has 0 aliphatic rings. The number of nitrogens with one attached hydrogen (secondary N) is 1. The first-order chi connectivity index (χ1) is 10.2. The van der Waals surface area contributed by atoms with Gasteiger partial charge in [-0.05, 0) is 18.1 Å². The number of carbonyl (C=O) groups excluding carboxylic acids is 1. The van der Waals surface area contributed by atoms with Gasteiger partial charge < -0.3 is 10.2 Å². The van der Waals surface area contributed by atoms with Crippen LogP contribution in [0.3, 0.4) is 0 Å². The maximum absolute atomic E-state index is 12.2. The van der Waals surface area contributed by atoms with E-state index < -0.39 is 6.04 Å². The summed E-state index contributed by atoms with van der Waals surface area (Å²) in [6.07, 6.45) is 0.442. The highest BCUT2D eigenvalue weighted by molar-refractivity contribution is 5.84. The van der Waals surface area contributed by atoms with Gasteiger partial charge in [0.1, 0.15) is 0 Å². The fraction of sp³-hybridized carbons (Fsp3) is 0.222. The first-order valence-electron chi connectivity index (χ1n) is 6.96. The lowest BCUT2D eigenvalue weighted by atomic mass is 10.0. The van der Waals surface area contributed by atoms with E-state index in [4.69, 9.17) is 6.57 Å². The topological polar surface area (TPSA) is 33.5 Å². The zero-order valence-electron chi connectivity index (χ0n) is 12.0. The van der Waals surface area contributed by atoms with Gasteiger partial charge in [0.25, 0.3) is 0 Å². The summed E-state index contributed by atoms with van der Waals surface area (Å²) in [5, 5.41) is 2.91. The van der Waals surface area contributed by atoms with Gasteiger partial charge in [-0.15, -0.1) is 0 Å². The highest BCUT2D eigenvalue weighted by Gasteiger charge is 2.25. The molecule has 0 bridgehead atoms. The summed E-state index contributed by atoms with van der Waals surface area (Å²) >= 11 is 0. The van der Waals surface area contributed by atoms with Gasteiger partial charge in [0.2, 0.25) is 0 Å². The Morgan fingerprint density at radius 1 is 1.10 bits per heavy atom. The molecule has 2 aromatic rings. The largest absolute Gasteiger partial charge is 0.343 e. The van der Waals surface area contributed by atoms with Crippen molar-refractivity contribution in [3.8, 4) is 0 Å². The van der Waals surface area contributed by atoms with E-state index >= 15 is 0 Å². The number of amides is 1.